The van der Waals surface area contributed by atoms with Crippen LogP contribution in [0.15, 0.2) is 24.3 Å². The molecule has 3 amide bonds. The monoisotopic (exact) mass is 335 g/mol. The molecule has 0 spiro atoms. The number of carbonyl (C=O) groups is 3. The topological polar surface area (TPSA) is 78.5 Å². The fourth-order valence-electron chi connectivity index (χ4n) is 2.28. The van der Waals surface area contributed by atoms with E-state index < -0.39 is 0 Å². The zero-order valence-electron chi connectivity index (χ0n) is 13.1. The highest BCUT2D eigenvalue weighted by Crippen LogP contribution is 2.17. The summed E-state index contributed by atoms with van der Waals surface area (Å²) in [6.07, 6.45) is 1.04. The summed E-state index contributed by atoms with van der Waals surface area (Å²) in [5.41, 5.74) is 1.83. The van der Waals surface area contributed by atoms with Gasteiger partial charge in [0, 0.05) is 31.0 Å². The lowest BCUT2D eigenvalue weighted by molar-refractivity contribution is -0.124. The number of para-hydroxylation sites is 1. The van der Waals surface area contributed by atoms with E-state index in [1.807, 2.05) is 31.2 Å². The van der Waals surface area contributed by atoms with Crippen LogP contribution in [0.2, 0.25) is 0 Å². The number of anilines is 1. The second-order valence-electron chi connectivity index (χ2n) is 5.19. The van der Waals surface area contributed by atoms with Crippen molar-refractivity contribution in [3.63, 3.8) is 0 Å². The van der Waals surface area contributed by atoms with Crippen LogP contribution in [0.1, 0.15) is 18.9 Å². The summed E-state index contributed by atoms with van der Waals surface area (Å²) in [7, 11) is 0. The Balaban J connectivity index is 1.71. The number of hydrogen-bond donors (Lipinski definition) is 2. The van der Waals surface area contributed by atoms with E-state index in [2.05, 4.69) is 10.6 Å². The molecule has 23 heavy (non-hydrogen) atoms. The summed E-state index contributed by atoms with van der Waals surface area (Å²) < 4.78 is 0. The molecule has 2 N–H and O–H groups in total. The van der Waals surface area contributed by atoms with Gasteiger partial charge in [-0.2, -0.15) is 0 Å². The smallest absolute Gasteiger partial charge is 0.281 e. The first-order chi connectivity index (χ1) is 11.1. The zero-order valence-corrected chi connectivity index (χ0v) is 13.9. The molecule has 7 heteroatoms. The van der Waals surface area contributed by atoms with Crippen molar-refractivity contribution < 1.29 is 14.4 Å². The highest BCUT2D eigenvalue weighted by atomic mass is 32.2. The lowest BCUT2D eigenvalue weighted by Gasteiger charge is -2.14. The van der Waals surface area contributed by atoms with Crippen molar-refractivity contribution in [2.75, 3.05) is 30.7 Å². The van der Waals surface area contributed by atoms with Gasteiger partial charge in [0.1, 0.15) is 0 Å². The number of nitrogens with zero attached hydrogens (tertiary/aromatic N) is 1. The fraction of sp³-hybridized carbons (Fsp3) is 0.438. The van der Waals surface area contributed by atoms with Crippen molar-refractivity contribution in [2.45, 2.75) is 19.8 Å². The molecule has 0 radical (unpaired) electrons. The second-order valence-corrected chi connectivity index (χ2v) is 6.23. The van der Waals surface area contributed by atoms with Gasteiger partial charge in [-0.3, -0.25) is 14.4 Å². The standard InChI is InChI=1S/C16H21N3O3S/c1-2-12-5-3-4-6-13(12)18-15(21)11-17-14(20)7-8-19-9-10-23-16(19)22/h3-6H,2,7-11H2,1H3,(H,17,20)(H,18,21). The van der Waals surface area contributed by atoms with Crippen molar-refractivity contribution in [1.82, 2.24) is 10.2 Å². The number of thioether (sulfide) groups is 1. The number of amides is 3. The molecule has 0 bridgehead atoms. The Kier molecular flexibility index (Phi) is 6.46. The van der Waals surface area contributed by atoms with Crippen LogP contribution in [0, 0.1) is 0 Å². The van der Waals surface area contributed by atoms with E-state index in [-0.39, 0.29) is 30.0 Å². The molecule has 0 aromatic heterocycles. The average molecular weight is 335 g/mol. The Hall–Kier alpha value is -2.02. The Morgan fingerprint density at radius 2 is 2.04 bits per heavy atom. The quantitative estimate of drug-likeness (QED) is 0.797. The first-order valence-electron chi connectivity index (χ1n) is 7.66. The van der Waals surface area contributed by atoms with Gasteiger partial charge in [0.2, 0.25) is 11.8 Å². The molecule has 2 rings (SSSR count). The third-order valence-corrected chi connectivity index (χ3v) is 4.46. The van der Waals surface area contributed by atoms with Gasteiger partial charge in [-0.05, 0) is 18.1 Å². The maximum Gasteiger partial charge on any atom is 0.281 e. The molecular formula is C16H21N3O3S. The second kappa shape index (κ2) is 8.57. The summed E-state index contributed by atoms with van der Waals surface area (Å²) in [5.74, 6) is 0.292. The van der Waals surface area contributed by atoms with Gasteiger partial charge >= 0.3 is 0 Å². The third-order valence-electron chi connectivity index (χ3n) is 3.57. The minimum atomic E-state index is -0.257. The Morgan fingerprint density at radius 3 is 2.74 bits per heavy atom. The first kappa shape index (κ1) is 17.3. The van der Waals surface area contributed by atoms with E-state index in [4.69, 9.17) is 0 Å². The van der Waals surface area contributed by atoms with Gasteiger partial charge in [0.15, 0.2) is 0 Å². The minimum Gasteiger partial charge on any atom is -0.347 e. The van der Waals surface area contributed by atoms with Crippen molar-refractivity contribution in [3.05, 3.63) is 29.8 Å². The highest BCUT2D eigenvalue weighted by Gasteiger charge is 2.21. The Bertz CT molecular complexity index is 592. The van der Waals surface area contributed by atoms with Crippen LogP contribution in [0.5, 0.6) is 0 Å². The lowest BCUT2D eigenvalue weighted by atomic mass is 10.1. The number of hydrogen-bond acceptors (Lipinski definition) is 4. The molecule has 0 saturated carbocycles. The van der Waals surface area contributed by atoms with E-state index >= 15 is 0 Å². The SMILES string of the molecule is CCc1ccccc1NC(=O)CNC(=O)CCN1CCSC1=O. The summed E-state index contributed by atoms with van der Waals surface area (Å²) >= 11 is 1.27. The van der Waals surface area contributed by atoms with Gasteiger partial charge in [-0.1, -0.05) is 36.9 Å². The summed E-state index contributed by atoms with van der Waals surface area (Å²) in [4.78, 5) is 36.7. The van der Waals surface area contributed by atoms with Crippen molar-refractivity contribution >= 4 is 34.5 Å². The fourth-order valence-corrected chi connectivity index (χ4v) is 3.13. The van der Waals surface area contributed by atoms with E-state index in [1.54, 1.807) is 4.90 Å². The molecule has 1 aliphatic heterocycles. The number of aryl methyl sites for hydroxylation is 1. The van der Waals surface area contributed by atoms with Crippen LogP contribution in [0.25, 0.3) is 0 Å². The van der Waals surface area contributed by atoms with E-state index in [1.165, 1.54) is 11.8 Å². The first-order valence-corrected chi connectivity index (χ1v) is 8.65. The van der Waals surface area contributed by atoms with Crippen LogP contribution in [0.4, 0.5) is 10.5 Å². The van der Waals surface area contributed by atoms with Crippen molar-refractivity contribution in [3.8, 4) is 0 Å². The molecule has 0 aliphatic carbocycles. The maximum atomic E-state index is 11.9. The normalized spacial score (nSPS) is 14.0. The van der Waals surface area contributed by atoms with Gasteiger partial charge in [0.05, 0.1) is 6.54 Å². The minimum absolute atomic E-state index is 0.0201. The van der Waals surface area contributed by atoms with Crippen LogP contribution in [-0.2, 0) is 16.0 Å². The Morgan fingerprint density at radius 1 is 1.26 bits per heavy atom. The number of carbonyl (C=O) groups excluding carboxylic acids is 3. The molecule has 1 aromatic carbocycles. The predicted octanol–water partition coefficient (Wildman–Crippen LogP) is 1.86. The van der Waals surface area contributed by atoms with Gasteiger partial charge in [-0.15, -0.1) is 0 Å². The van der Waals surface area contributed by atoms with Crippen LogP contribution in [0.3, 0.4) is 0 Å². The molecular weight excluding hydrogens is 314 g/mol. The molecule has 1 fully saturated rings. The number of benzene rings is 1. The molecule has 1 aliphatic rings. The van der Waals surface area contributed by atoms with Gasteiger partial charge in [-0.25, -0.2) is 0 Å². The van der Waals surface area contributed by atoms with E-state index in [9.17, 15) is 14.4 Å². The molecule has 1 saturated heterocycles. The molecule has 6 nitrogen and oxygen atoms in total. The van der Waals surface area contributed by atoms with Crippen LogP contribution < -0.4 is 10.6 Å². The van der Waals surface area contributed by atoms with Crippen molar-refractivity contribution in [1.29, 1.82) is 0 Å². The molecule has 124 valence electrons. The van der Waals surface area contributed by atoms with E-state index in [0.29, 0.717) is 13.1 Å². The van der Waals surface area contributed by atoms with Crippen LogP contribution in [-0.4, -0.2) is 47.3 Å². The highest BCUT2D eigenvalue weighted by molar-refractivity contribution is 8.13. The maximum absolute atomic E-state index is 11.9. The average Bonchev–Trinajstić information content (AvgIpc) is 2.96. The summed E-state index contributed by atoms with van der Waals surface area (Å²) in [6.45, 7) is 3.04. The molecule has 0 atom stereocenters. The van der Waals surface area contributed by atoms with E-state index in [0.717, 1.165) is 23.4 Å². The molecule has 0 unspecified atom stereocenters. The third kappa shape index (κ3) is 5.28. The number of rotatable bonds is 7. The van der Waals surface area contributed by atoms with Gasteiger partial charge < -0.3 is 15.5 Å². The van der Waals surface area contributed by atoms with Crippen molar-refractivity contribution in [2.24, 2.45) is 0 Å². The lowest BCUT2D eigenvalue weighted by Crippen LogP contribution is -2.35. The predicted molar refractivity (Wildman–Crippen MR) is 91.5 cm³/mol. The zero-order chi connectivity index (χ0) is 16.7. The molecule has 1 aromatic rings. The summed E-state index contributed by atoms with van der Waals surface area (Å²) in [5, 5.41) is 5.40. The summed E-state index contributed by atoms with van der Waals surface area (Å²) in [6, 6.07) is 7.58. The van der Waals surface area contributed by atoms with Crippen LogP contribution >= 0.6 is 11.8 Å². The molecule has 1 heterocycles. The number of nitrogens with one attached hydrogen (secondary N) is 2. The largest absolute Gasteiger partial charge is 0.347 e. The van der Waals surface area contributed by atoms with Gasteiger partial charge in [0.25, 0.3) is 5.24 Å². The Labute approximate surface area is 140 Å².